The van der Waals surface area contributed by atoms with Crippen LogP contribution in [0.25, 0.3) is 83.4 Å². The summed E-state index contributed by atoms with van der Waals surface area (Å²) >= 11 is 2.48. The molecule has 11 aromatic rings. The average Bonchev–Trinajstić information content (AvgIpc) is 3.88. The molecule has 0 amide bonds. The molecule has 71 heavy (non-hydrogen) atoms. The van der Waals surface area contributed by atoms with Crippen LogP contribution in [0.1, 0.15) is 73.8 Å². The van der Waals surface area contributed by atoms with Crippen LogP contribution in [0.4, 0.5) is 0 Å². The van der Waals surface area contributed by atoms with Crippen LogP contribution in [0, 0.1) is 22.8 Å². The van der Waals surface area contributed by atoms with E-state index in [1.165, 1.54) is 16.7 Å². The van der Waals surface area contributed by atoms with E-state index in [0.717, 1.165) is 95.1 Å². The first-order valence-corrected chi connectivity index (χ1v) is 25.5. The Kier molecular flexibility index (Phi) is 10.2. The second-order valence-electron chi connectivity index (χ2n) is 20.4. The van der Waals surface area contributed by atoms with Crippen molar-refractivity contribution in [1.29, 1.82) is 0 Å². The molecular weight excluding hydrogens is 1050 g/mol. The third-order valence-electron chi connectivity index (χ3n) is 14.3. The summed E-state index contributed by atoms with van der Waals surface area (Å²) in [5.74, 6) is 1.53. The summed E-state index contributed by atoms with van der Waals surface area (Å²) in [7, 11) is 0. The molecule has 0 unspecified atom stereocenters. The SMILES string of the molecule is [2H]C([2H])([2H])c1cc(-n2c3[c-]c(Oc4[c-]c(-n5[c](=[Pt])n(-c6c(-c7ccccc7)cc(C(C)(C)C)cc6-c6ccccc6)c6ccccc65)ccc4)ccc3c3cc4c(cc32)C(C)(C)CCC4)ncc1-c1ccccc1. The van der Waals surface area contributed by atoms with Crippen LogP contribution < -0.4 is 4.74 Å². The molecule has 0 aliphatic heterocycles. The van der Waals surface area contributed by atoms with Gasteiger partial charge in [0.25, 0.3) is 0 Å². The maximum absolute atomic E-state index is 8.71. The van der Waals surface area contributed by atoms with Crippen molar-refractivity contribution < 1.29 is 28.2 Å². The van der Waals surface area contributed by atoms with Gasteiger partial charge in [0.15, 0.2) is 0 Å². The smallest absolute Gasteiger partial charge is 0.0622 e. The van der Waals surface area contributed by atoms with Gasteiger partial charge in [-0.25, -0.2) is 0 Å². The van der Waals surface area contributed by atoms with Gasteiger partial charge in [0, 0.05) is 15.9 Å². The molecule has 1 aliphatic rings. The second-order valence-corrected chi connectivity index (χ2v) is 21.5. The molecule has 0 saturated carbocycles. The van der Waals surface area contributed by atoms with Gasteiger partial charge in [-0.2, -0.15) is 0 Å². The number of hydrogen-bond donors (Lipinski definition) is 0. The standard InChI is InChI=1S/C65H54N4O.Pt/c1-43-34-62(66-41-56(43)46-24-14-9-15-25-46)69-60-39-51(31-32-52(60)55-35-47-26-19-33-65(5,6)57(47)40-61(55)69)70-50-28-18-27-49(38-50)67-42-68(59-30-17-16-29-58(59)67)63-53(44-20-10-7-11-21-44)36-48(64(2,3)4)37-54(63)45-22-12-8-13-23-45;/h7-18,20-25,27-32,34-37,40-41H,19,26,33H2,1-6H3;/q-2;/i1D3;. The molecular formula is C65H54N4OPt-2. The van der Waals surface area contributed by atoms with E-state index in [4.69, 9.17) is 13.8 Å². The number of hydrogen-bond acceptors (Lipinski definition) is 2. The summed E-state index contributed by atoms with van der Waals surface area (Å²) in [6.07, 6.45) is 4.92. The van der Waals surface area contributed by atoms with Gasteiger partial charge in [0.05, 0.1) is 0 Å². The number of ether oxygens (including phenoxy) is 1. The van der Waals surface area contributed by atoms with Crippen LogP contribution in [0.15, 0.2) is 182 Å². The van der Waals surface area contributed by atoms with Gasteiger partial charge in [0.2, 0.25) is 0 Å². The third kappa shape index (κ3) is 7.92. The van der Waals surface area contributed by atoms with Crippen LogP contribution in [-0.4, -0.2) is 18.7 Å². The molecule has 0 radical (unpaired) electrons. The van der Waals surface area contributed by atoms with Crippen molar-refractivity contribution in [3.8, 4) is 62.1 Å². The number of para-hydroxylation sites is 2. The summed E-state index contributed by atoms with van der Waals surface area (Å²) in [6, 6.07) is 68.1. The summed E-state index contributed by atoms with van der Waals surface area (Å²) < 4.78 is 40.6. The van der Waals surface area contributed by atoms with E-state index in [0.29, 0.717) is 22.9 Å². The molecule has 5 nitrogen and oxygen atoms in total. The van der Waals surface area contributed by atoms with E-state index in [9.17, 15) is 0 Å². The number of pyridine rings is 1. The van der Waals surface area contributed by atoms with E-state index >= 15 is 0 Å². The van der Waals surface area contributed by atoms with Gasteiger partial charge in [-0.1, -0.05) is 44.2 Å². The van der Waals surface area contributed by atoms with Crippen molar-refractivity contribution >= 4 is 32.8 Å². The van der Waals surface area contributed by atoms with Gasteiger partial charge in [-0.05, 0) is 53.8 Å². The van der Waals surface area contributed by atoms with Crippen molar-refractivity contribution in [2.24, 2.45) is 0 Å². The minimum absolute atomic E-state index is 0.0240. The quantitative estimate of drug-likeness (QED) is 0.142. The van der Waals surface area contributed by atoms with Gasteiger partial charge in [-0.3, -0.25) is 0 Å². The Morgan fingerprint density at radius 3 is 1.89 bits per heavy atom. The maximum atomic E-state index is 8.71. The number of nitrogens with zero attached hydrogens (tertiary/aromatic N) is 4. The van der Waals surface area contributed by atoms with Crippen LogP contribution in [0.3, 0.4) is 0 Å². The van der Waals surface area contributed by atoms with Crippen LogP contribution in [-0.2, 0) is 36.6 Å². The molecule has 12 rings (SSSR count). The molecule has 352 valence electrons. The fourth-order valence-corrected chi connectivity index (χ4v) is 11.8. The van der Waals surface area contributed by atoms with E-state index in [-0.39, 0.29) is 16.4 Å². The first-order chi connectivity index (χ1) is 35.6. The van der Waals surface area contributed by atoms with Crippen molar-refractivity contribution in [2.75, 3.05) is 0 Å². The van der Waals surface area contributed by atoms with Gasteiger partial charge >= 0.3 is 320 Å². The molecule has 3 aromatic heterocycles. The van der Waals surface area contributed by atoms with E-state index in [2.05, 4.69) is 201 Å². The Balaban J connectivity index is 1.01. The number of aryl methyl sites for hydroxylation is 2. The van der Waals surface area contributed by atoms with Crippen LogP contribution in [0.5, 0.6) is 11.5 Å². The second kappa shape index (κ2) is 17.5. The Bertz CT molecular complexity index is 3970. The Morgan fingerprint density at radius 1 is 0.620 bits per heavy atom. The topological polar surface area (TPSA) is 36.9 Å². The molecule has 0 saturated heterocycles. The number of aromatic nitrogens is 4. The van der Waals surface area contributed by atoms with E-state index in [1.807, 2.05) is 48.5 Å². The average molecular weight is 1110 g/mol. The number of imidazole rings is 1. The zero-order valence-corrected chi connectivity index (χ0v) is 42.7. The first-order valence-electron chi connectivity index (χ1n) is 25.9. The molecule has 0 spiro atoms. The van der Waals surface area contributed by atoms with Gasteiger partial charge < -0.3 is 0 Å². The molecule has 0 atom stereocenters. The normalized spacial score (nSPS) is 14.3. The summed E-state index contributed by atoms with van der Waals surface area (Å²) in [5.41, 5.74) is 15.7. The van der Waals surface area contributed by atoms with Crippen LogP contribution in [0.2, 0.25) is 0 Å². The fourth-order valence-electron chi connectivity index (χ4n) is 10.7. The Morgan fingerprint density at radius 2 is 1.24 bits per heavy atom. The molecule has 0 N–H and O–H groups in total. The minimum Gasteiger partial charge on any atom is -0.0622 e. The van der Waals surface area contributed by atoms with E-state index in [1.54, 1.807) is 12.3 Å². The fraction of sp³-hybridized carbons (Fsp3) is 0.169. The molecule has 0 bridgehead atoms. The summed E-state index contributed by atoms with van der Waals surface area (Å²) in [4.78, 5) is 5.04. The number of fused-ring (bicyclic) bond motifs is 5. The molecule has 0 fully saturated rings. The predicted octanol–water partition coefficient (Wildman–Crippen LogP) is 16.6. The minimum atomic E-state index is -2.39. The molecule has 6 heteroatoms. The predicted molar refractivity (Wildman–Crippen MR) is 288 cm³/mol. The van der Waals surface area contributed by atoms with Crippen molar-refractivity contribution in [1.82, 2.24) is 18.7 Å². The molecule has 8 aromatic carbocycles. The van der Waals surface area contributed by atoms with Crippen LogP contribution >= 0.6 is 0 Å². The third-order valence-corrected chi connectivity index (χ3v) is 15.4. The van der Waals surface area contributed by atoms with Crippen molar-refractivity contribution in [3.05, 3.63) is 220 Å². The van der Waals surface area contributed by atoms with Gasteiger partial charge in [-0.15, -0.1) is 0 Å². The van der Waals surface area contributed by atoms with Crippen molar-refractivity contribution in [2.45, 2.75) is 71.6 Å². The molecule has 1 aliphatic carbocycles. The summed E-state index contributed by atoms with van der Waals surface area (Å²) in [6.45, 7) is 9.08. The number of rotatable bonds is 8. The van der Waals surface area contributed by atoms with Crippen molar-refractivity contribution in [3.63, 3.8) is 0 Å². The van der Waals surface area contributed by atoms with E-state index < -0.39 is 6.85 Å². The first kappa shape index (κ1) is 41.5. The molecule has 3 heterocycles. The monoisotopic (exact) mass is 1100 g/mol. The summed E-state index contributed by atoms with van der Waals surface area (Å²) in [5, 5.41) is 2.05. The zero-order valence-electron chi connectivity index (χ0n) is 43.5. The zero-order chi connectivity index (χ0) is 51.1. The Hall–Kier alpha value is -7.33. The Labute approximate surface area is 431 Å². The number of benzene rings is 8. The van der Waals surface area contributed by atoms with Gasteiger partial charge in [0.1, 0.15) is 0 Å².